The predicted octanol–water partition coefficient (Wildman–Crippen LogP) is 2.19. The SMILES string of the molecule is CN(C)c1cc(C(=O)N2CCC(N)C(C)(C)C2)ccn1.Cl.Cl. The molecule has 1 aromatic rings. The monoisotopic (exact) mass is 348 g/mol. The summed E-state index contributed by atoms with van der Waals surface area (Å²) in [5, 5.41) is 0. The first-order valence-electron chi connectivity index (χ1n) is 6.99. The zero-order valence-corrected chi connectivity index (χ0v) is 15.2. The lowest BCUT2D eigenvalue weighted by molar-refractivity contribution is 0.0533. The van der Waals surface area contributed by atoms with Crippen LogP contribution in [0.25, 0.3) is 0 Å². The number of hydrogen-bond acceptors (Lipinski definition) is 4. The van der Waals surface area contributed by atoms with Crippen LogP contribution in [-0.4, -0.2) is 49.0 Å². The van der Waals surface area contributed by atoms with Crippen molar-refractivity contribution in [2.75, 3.05) is 32.1 Å². The average Bonchev–Trinajstić information content (AvgIpc) is 2.41. The summed E-state index contributed by atoms with van der Waals surface area (Å²) in [5.74, 6) is 0.860. The third-order valence-corrected chi connectivity index (χ3v) is 4.05. The molecule has 22 heavy (non-hydrogen) atoms. The second-order valence-corrected chi connectivity index (χ2v) is 6.41. The van der Waals surface area contributed by atoms with Gasteiger partial charge in [-0.15, -0.1) is 24.8 Å². The zero-order valence-electron chi connectivity index (χ0n) is 13.6. The molecule has 1 atom stereocenters. The van der Waals surface area contributed by atoms with Gasteiger partial charge in [-0.25, -0.2) is 4.98 Å². The standard InChI is InChI=1S/C15H24N4O.2ClH/c1-15(2)10-19(8-6-12(15)16)14(20)11-5-7-17-13(9-11)18(3)4;;/h5,7,9,12H,6,8,10,16H2,1-4H3;2*1H. The second-order valence-electron chi connectivity index (χ2n) is 6.41. The number of nitrogens with two attached hydrogens (primary N) is 1. The van der Waals surface area contributed by atoms with Gasteiger partial charge in [0.15, 0.2) is 0 Å². The number of aromatic nitrogens is 1. The van der Waals surface area contributed by atoms with Gasteiger partial charge in [-0.05, 0) is 24.0 Å². The molecule has 1 unspecified atom stereocenters. The molecule has 2 rings (SSSR count). The lowest BCUT2D eigenvalue weighted by Gasteiger charge is -2.42. The van der Waals surface area contributed by atoms with Crippen molar-refractivity contribution >= 4 is 36.5 Å². The Balaban J connectivity index is 0.00000220. The predicted molar refractivity (Wildman–Crippen MR) is 95.3 cm³/mol. The summed E-state index contributed by atoms with van der Waals surface area (Å²) in [6.07, 6.45) is 2.54. The molecule has 7 heteroatoms. The van der Waals surface area contributed by atoms with E-state index in [9.17, 15) is 4.79 Å². The minimum atomic E-state index is -0.0364. The first-order valence-corrected chi connectivity index (χ1v) is 6.99. The number of piperidine rings is 1. The maximum atomic E-state index is 12.6. The fraction of sp³-hybridized carbons (Fsp3) is 0.600. The minimum absolute atomic E-state index is 0. The number of nitrogens with zero attached hydrogens (tertiary/aromatic N) is 3. The van der Waals surface area contributed by atoms with E-state index in [4.69, 9.17) is 5.73 Å². The molecule has 1 aliphatic rings. The van der Waals surface area contributed by atoms with Gasteiger partial charge in [-0.2, -0.15) is 0 Å². The van der Waals surface area contributed by atoms with Crippen LogP contribution >= 0.6 is 24.8 Å². The van der Waals surface area contributed by atoms with E-state index in [-0.39, 0.29) is 42.2 Å². The molecule has 0 saturated carbocycles. The molecule has 2 N–H and O–H groups in total. The van der Waals surface area contributed by atoms with Crippen molar-refractivity contribution in [3.8, 4) is 0 Å². The van der Waals surface area contributed by atoms with Gasteiger partial charge >= 0.3 is 0 Å². The summed E-state index contributed by atoms with van der Waals surface area (Å²) in [4.78, 5) is 20.6. The van der Waals surface area contributed by atoms with Gasteiger partial charge in [0.05, 0.1) is 0 Å². The number of anilines is 1. The number of pyridine rings is 1. The molecule has 0 aliphatic carbocycles. The van der Waals surface area contributed by atoms with E-state index in [2.05, 4.69) is 18.8 Å². The highest BCUT2D eigenvalue weighted by molar-refractivity contribution is 5.95. The first-order chi connectivity index (χ1) is 9.31. The van der Waals surface area contributed by atoms with Crippen LogP contribution < -0.4 is 10.6 Å². The summed E-state index contributed by atoms with van der Waals surface area (Å²) in [6.45, 7) is 5.67. The number of likely N-dealkylation sites (tertiary alicyclic amines) is 1. The van der Waals surface area contributed by atoms with E-state index < -0.39 is 0 Å². The van der Waals surface area contributed by atoms with E-state index in [1.165, 1.54) is 0 Å². The molecule has 0 radical (unpaired) electrons. The van der Waals surface area contributed by atoms with Gasteiger partial charge in [-0.1, -0.05) is 13.8 Å². The Hall–Kier alpha value is -1.04. The van der Waals surface area contributed by atoms with Gasteiger partial charge in [0.1, 0.15) is 5.82 Å². The molecular formula is C15H26Cl2N4O. The Bertz CT molecular complexity index is 508. The fourth-order valence-corrected chi connectivity index (χ4v) is 2.53. The Morgan fingerprint density at radius 3 is 2.59 bits per heavy atom. The molecule has 0 spiro atoms. The van der Waals surface area contributed by atoms with Crippen LogP contribution in [0.15, 0.2) is 18.3 Å². The van der Waals surface area contributed by atoms with E-state index in [1.807, 2.05) is 30.0 Å². The molecule has 126 valence electrons. The molecule has 0 bridgehead atoms. The Labute approximate surface area is 145 Å². The number of amides is 1. The van der Waals surface area contributed by atoms with E-state index >= 15 is 0 Å². The summed E-state index contributed by atoms with van der Waals surface area (Å²) in [5.41, 5.74) is 6.78. The molecule has 1 aliphatic heterocycles. The molecule has 5 nitrogen and oxygen atoms in total. The molecule has 2 heterocycles. The van der Waals surface area contributed by atoms with Crippen molar-refractivity contribution in [3.63, 3.8) is 0 Å². The van der Waals surface area contributed by atoms with Crippen LogP contribution in [-0.2, 0) is 0 Å². The van der Waals surface area contributed by atoms with Crippen molar-refractivity contribution in [3.05, 3.63) is 23.9 Å². The molecule has 0 aromatic carbocycles. The summed E-state index contributed by atoms with van der Waals surface area (Å²) in [7, 11) is 3.83. The highest BCUT2D eigenvalue weighted by atomic mass is 35.5. The van der Waals surface area contributed by atoms with E-state index in [1.54, 1.807) is 12.3 Å². The van der Waals surface area contributed by atoms with Crippen LogP contribution in [0.3, 0.4) is 0 Å². The van der Waals surface area contributed by atoms with Crippen molar-refractivity contribution in [1.29, 1.82) is 0 Å². The maximum Gasteiger partial charge on any atom is 0.254 e. The van der Waals surface area contributed by atoms with Crippen molar-refractivity contribution in [2.45, 2.75) is 26.3 Å². The van der Waals surface area contributed by atoms with Crippen LogP contribution in [0, 0.1) is 5.41 Å². The third kappa shape index (κ3) is 4.48. The number of carbonyl (C=O) groups excluding carboxylic acids is 1. The minimum Gasteiger partial charge on any atom is -0.363 e. The molecular weight excluding hydrogens is 323 g/mol. The van der Waals surface area contributed by atoms with Crippen LogP contribution in [0.5, 0.6) is 0 Å². The Morgan fingerprint density at radius 2 is 2.05 bits per heavy atom. The van der Waals surface area contributed by atoms with Crippen molar-refractivity contribution in [2.24, 2.45) is 11.1 Å². The number of carbonyl (C=O) groups is 1. The average molecular weight is 349 g/mol. The lowest BCUT2D eigenvalue weighted by Crippen LogP contribution is -2.54. The zero-order chi connectivity index (χ0) is 14.9. The van der Waals surface area contributed by atoms with Gasteiger partial charge in [0.25, 0.3) is 5.91 Å². The highest BCUT2D eigenvalue weighted by Crippen LogP contribution is 2.28. The fourth-order valence-electron chi connectivity index (χ4n) is 2.53. The summed E-state index contributed by atoms with van der Waals surface area (Å²) < 4.78 is 0. The van der Waals surface area contributed by atoms with Gasteiger partial charge in [0, 0.05) is 45.0 Å². The number of halogens is 2. The van der Waals surface area contributed by atoms with Crippen LogP contribution in [0.4, 0.5) is 5.82 Å². The maximum absolute atomic E-state index is 12.6. The first kappa shape index (κ1) is 21.0. The number of hydrogen-bond donors (Lipinski definition) is 1. The Morgan fingerprint density at radius 1 is 1.41 bits per heavy atom. The quantitative estimate of drug-likeness (QED) is 0.889. The topological polar surface area (TPSA) is 62.5 Å². The van der Waals surface area contributed by atoms with Crippen LogP contribution in [0.2, 0.25) is 0 Å². The van der Waals surface area contributed by atoms with Crippen LogP contribution in [0.1, 0.15) is 30.6 Å². The molecule has 1 fully saturated rings. The van der Waals surface area contributed by atoms with Crippen molar-refractivity contribution < 1.29 is 4.79 Å². The smallest absolute Gasteiger partial charge is 0.254 e. The molecule has 1 amide bonds. The summed E-state index contributed by atoms with van der Waals surface area (Å²) >= 11 is 0. The molecule has 1 aromatic heterocycles. The third-order valence-electron chi connectivity index (χ3n) is 4.05. The lowest BCUT2D eigenvalue weighted by atomic mass is 9.79. The largest absolute Gasteiger partial charge is 0.363 e. The summed E-state index contributed by atoms with van der Waals surface area (Å²) in [6, 6.07) is 3.77. The second kappa shape index (κ2) is 7.99. The molecule has 1 saturated heterocycles. The van der Waals surface area contributed by atoms with Crippen molar-refractivity contribution in [1.82, 2.24) is 9.88 Å². The number of rotatable bonds is 2. The van der Waals surface area contributed by atoms with Gasteiger partial charge < -0.3 is 15.5 Å². The Kier molecular flexibility index (Phi) is 7.62. The van der Waals surface area contributed by atoms with E-state index in [0.29, 0.717) is 12.1 Å². The van der Waals surface area contributed by atoms with E-state index in [0.717, 1.165) is 18.8 Å². The highest BCUT2D eigenvalue weighted by Gasteiger charge is 2.35. The van der Waals surface area contributed by atoms with Gasteiger partial charge in [-0.3, -0.25) is 4.79 Å². The normalized spacial score (nSPS) is 19.7. The van der Waals surface area contributed by atoms with Gasteiger partial charge in [0.2, 0.25) is 0 Å².